The molecule has 0 saturated carbocycles. The number of aliphatic hydroxyl groups excluding tert-OH is 1. The molecule has 0 aliphatic rings. The molecule has 0 saturated heterocycles. The quantitative estimate of drug-likeness (QED) is 0.560. The van der Waals surface area contributed by atoms with Gasteiger partial charge >= 0.3 is 0 Å². The summed E-state index contributed by atoms with van der Waals surface area (Å²) in [5.41, 5.74) is 2.61. The van der Waals surface area contributed by atoms with Crippen LogP contribution in [0.4, 0.5) is 0 Å². The normalized spacial score (nSPS) is 12.6. The maximum absolute atomic E-state index is 10.4. The van der Waals surface area contributed by atoms with Gasteiger partial charge in [-0.3, -0.25) is 0 Å². The lowest BCUT2D eigenvalue weighted by molar-refractivity contribution is 0.107. The predicted octanol–water partition coefficient (Wildman–Crippen LogP) is 3.44. The third-order valence-electron chi connectivity index (χ3n) is 3.65. The Hall–Kier alpha value is -2.53. The van der Waals surface area contributed by atoms with E-state index in [0.717, 1.165) is 28.3 Å². The Balaban J connectivity index is 2.11. The molecule has 2 aromatic carbocycles. The van der Waals surface area contributed by atoms with Crippen LogP contribution in [0.2, 0.25) is 0 Å². The molecule has 0 heterocycles. The number of ether oxygens (including phenoxy) is 2. The van der Waals surface area contributed by atoms with Gasteiger partial charge in [0.25, 0.3) is 0 Å². The number of rotatable bonds is 9. The fourth-order valence-corrected chi connectivity index (χ4v) is 2.56. The zero-order chi connectivity index (χ0) is 18.1. The molecular weight excluding hydrogens is 318 g/mol. The molecule has 1 N–H and O–H groups in total. The van der Waals surface area contributed by atoms with Crippen LogP contribution in [0, 0.1) is 0 Å². The van der Waals surface area contributed by atoms with Gasteiger partial charge in [0.1, 0.15) is 25.2 Å². The Morgan fingerprint density at radius 3 is 2.52 bits per heavy atom. The second-order valence-corrected chi connectivity index (χ2v) is 5.59. The minimum absolute atomic E-state index is 0.211. The second-order valence-electron chi connectivity index (χ2n) is 5.59. The van der Waals surface area contributed by atoms with Crippen molar-refractivity contribution in [3.8, 4) is 11.5 Å². The first kappa shape index (κ1) is 18.8. The van der Waals surface area contributed by atoms with E-state index in [1.54, 1.807) is 0 Å². The van der Waals surface area contributed by atoms with Gasteiger partial charge in [0, 0.05) is 12.0 Å². The maximum Gasteiger partial charge on any atom is 0.119 e. The number of nitrogens with zero attached hydrogens (tertiary/aromatic N) is 1. The molecule has 0 radical (unpaired) electrons. The fraction of sp³-hybridized carbons (Fsp3) is 0.350. The van der Waals surface area contributed by atoms with Gasteiger partial charge in [-0.1, -0.05) is 23.4 Å². The molecule has 5 nitrogen and oxygen atoms in total. The highest BCUT2D eigenvalue weighted by atomic mass is 16.6. The van der Waals surface area contributed by atoms with Gasteiger partial charge in [-0.05, 0) is 49.7 Å². The molecule has 1 unspecified atom stereocenters. The van der Waals surface area contributed by atoms with Crippen molar-refractivity contribution in [3.05, 3.63) is 59.7 Å². The number of hydrogen-bond acceptors (Lipinski definition) is 5. The first-order chi connectivity index (χ1) is 12.1. The van der Waals surface area contributed by atoms with E-state index >= 15 is 0 Å². The van der Waals surface area contributed by atoms with Crippen LogP contribution in [0.5, 0.6) is 11.5 Å². The van der Waals surface area contributed by atoms with Gasteiger partial charge < -0.3 is 19.4 Å². The summed E-state index contributed by atoms with van der Waals surface area (Å²) in [5.74, 6) is 1.50. The summed E-state index contributed by atoms with van der Waals surface area (Å²) in [6.45, 7) is 4.61. The Morgan fingerprint density at radius 1 is 1.08 bits per heavy atom. The van der Waals surface area contributed by atoms with Crippen molar-refractivity contribution in [2.45, 2.75) is 26.4 Å². The van der Waals surface area contributed by atoms with Crippen LogP contribution in [0.15, 0.2) is 53.7 Å². The first-order valence-corrected chi connectivity index (χ1v) is 8.33. The summed E-state index contributed by atoms with van der Waals surface area (Å²) in [4.78, 5) is 4.87. The van der Waals surface area contributed by atoms with Crippen LogP contribution in [-0.4, -0.2) is 37.2 Å². The van der Waals surface area contributed by atoms with Crippen molar-refractivity contribution in [3.63, 3.8) is 0 Å². The third-order valence-corrected chi connectivity index (χ3v) is 3.65. The zero-order valence-corrected chi connectivity index (χ0v) is 14.9. The van der Waals surface area contributed by atoms with Crippen molar-refractivity contribution in [1.29, 1.82) is 0 Å². The van der Waals surface area contributed by atoms with E-state index < -0.39 is 6.10 Å². The summed E-state index contributed by atoms with van der Waals surface area (Å²) in [5, 5.41) is 14.4. The topological polar surface area (TPSA) is 60.3 Å². The molecule has 2 aromatic rings. The van der Waals surface area contributed by atoms with Crippen LogP contribution in [-0.2, 0) is 11.3 Å². The van der Waals surface area contributed by atoms with E-state index in [4.69, 9.17) is 14.3 Å². The number of benzene rings is 2. The predicted molar refractivity (Wildman–Crippen MR) is 98.5 cm³/mol. The Kier molecular flexibility index (Phi) is 7.29. The van der Waals surface area contributed by atoms with E-state index in [1.165, 1.54) is 7.11 Å². The molecule has 2 rings (SSSR count). The number of aliphatic hydroxyl groups is 1. The van der Waals surface area contributed by atoms with Crippen molar-refractivity contribution in [2.24, 2.45) is 5.16 Å². The van der Waals surface area contributed by atoms with E-state index in [1.807, 2.05) is 62.4 Å². The first-order valence-electron chi connectivity index (χ1n) is 8.33. The summed E-state index contributed by atoms with van der Waals surface area (Å²) in [6, 6.07) is 15.2. The molecular formula is C20H25NO4. The van der Waals surface area contributed by atoms with Crippen molar-refractivity contribution >= 4 is 5.71 Å². The van der Waals surface area contributed by atoms with Gasteiger partial charge in [-0.25, -0.2) is 0 Å². The molecule has 0 aliphatic heterocycles. The van der Waals surface area contributed by atoms with Crippen LogP contribution in [0.25, 0.3) is 0 Å². The Morgan fingerprint density at radius 2 is 1.84 bits per heavy atom. The highest BCUT2D eigenvalue weighted by molar-refractivity contribution is 5.99. The average Bonchev–Trinajstić information content (AvgIpc) is 2.61. The lowest BCUT2D eigenvalue weighted by Crippen LogP contribution is -2.21. The van der Waals surface area contributed by atoms with Gasteiger partial charge in [0.05, 0.1) is 18.4 Å². The molecule has 0 aromatic heterocycles. The molecule has 0 fully saturated rings. The molecule has 0 amide bonds. The van der Waals surface area contributed by atoms with Gasteiger partial charge in [0.2, 0.25) is 0 Å². The van der Waals surface area contributed by atoms with E-state index in [2.05, 4.69) is 5.16 Å². The SMILES string of the molecule is CCOc1ccc(/C(C)=N\OC)c(CC(O)COc2ccccc2)c1. The lowest BCUT2D eigenvalue weighted by atomic mass is 9.98. The van der Waals surface area contributed by atoms with Gasteiger partial charge in [-0.15, -0.1) is 0 Å². The van der Waals surface area contributed by atoms with Crippen LogP contribution in [0.3, 0.4) is 0 Å². The average molecular weight is 343 g/mol. The van der Waals surface area contributed by atoms with Crippen molar-refractivity contribution in [2.75, 3.05) is 20.3 Å². The Labute approximate surface area is 148 Å². The molecule has 25 heavy (non-hydrogen) atoms. The largest absolute Gasteiger partial charge is 0.494 e. The van der Waals surface area contributed by atoms with Crippen molar-refractivity contribution < 1.29 is 19.4 Å². The molecule has 0 spiro atoms. The molecule has 0 aliphatic carbocycles. The second kappa shape index (κ2) is 9.69. The lowest BCUT2D eigenvalue weighted by Gasteiger charge is -2.16. The minimum Gasteiger partial charge on any atom is -0.494 e. The molecule has 1 atom stereocenters. The van der Waals surface area contributed by atoms with Gasteiger partial charge in [-0.2, -0.15) is 0 Å². The van der Waals surface area contributed by atoms with Gasteiger partial charge in [0.15, 0.2) is 0 Å². The molecule has 0 bridgehead atoms. The van der Waals surface area contributed by atoms with Crippen molar-refractivity contribution in [1.82, 2.24) is 0 Å². The van der Waals surface area contributed by atoms with Crippen LogP contribution < -0.4 is 9.47 Å². The summed E-state index contributed by atoms with van der Waals surface area (Å²) in [6.07, 6.45) is -0.217. The summed E-state index contributed by atoms with van der Waals surface area (Å²) >= 11 is 0. The molecule has 5 heteroatoms. The highest BCUT2D eigenvalue weighted by Gasteiger charge is 2.14. The smallest absolute Gasteiger partial charge is 0.119 e. The van der Waals surface area contributed by atoms with E-state index in [9.17, 15) is 5.11 Å². The number of para-hydroxylation sites is 1. The Bertz CT molecular complexity index is 685. The van der Waals surface area contributed by atoms with E-state index in [-0.39, 0.29) is 6.61 Å². The third kappa shape index (κ3) is 5.80. The van der Waals surface area contributed by atoms with E-state index in [0.29, 0.717) is 13.0 Å². The molecule has 134 valence electrons. The highest BCUT2D eigenvalue weighted by Crippen LogP contribution is 2.21. The standard InChI is InChI=1S/C20H25NO4/c1-4-24-19-10-11-20(15(2)21-23-3)16(13-19)12-17(22)14-25-18-8-6-5-7-9-18/h5-11,13,17,22H,4,12,14H2,1-3H3/b21-15-. The maximum atomic E-state index is 10.4. The fourth-order valence-electron chi connectivity index (χ4n) is 2.56. The summed E-state index contributed by atoms with van der Waals surface area (Å²) < 4.78 is 11.2. The monoisotopic (exact) mass is 343 g/mol. The zero-order valence-electron chi connectivity index (χ0n) is 14.9. The van der Waals surface area contributed by atoms with Crippen LogP contribution >= 0.6 is 0 Å². The minimum atomic E-state index is -0.647. The van der Waals surface area contributed by atoms with Crippen LogP contribution in [0.1, 0.15) is 25.0 Å². The number of oxime groups is 1. The summed E-state index contributed by atoms with van der Waals surface area (Å²) in [7, 11) is 1.51. The number of hydrogen-bond donors (Lipinski definition) is 1.